The van der Waals surface area contributed by atoms with Crippen LogP contribution in [0.4, 0.5) is 42.8 Å². The zero-order chi connectivity index (χ0) is 27.9. The molecule has 0 aliphatic carbocycles. The molecule has 0 unspecified atom stereocenters. The summed E-state index contributed by atoms with van der Waals surface area (Å²) in [6.45, 7) is 6.02. The van der Waals surface area contributed by atoms with Crippen LogP contribution in [0.2, 0.25) is 0 Å². The zero-order valence-electron chi connectivity index (χ0n) is 20.7. The highest BCUT2D eigenvalue weighted by Gasteiger charge is 2.39. The van der Waals surface area contributed by atoms with Crippen LogP contribution in [0.3, 0.4) is 0 Å². The van der Waals surface area contributed by atoms with Gasteiger partial charge in [0.2, 0.25) is 5.95 Å². The van der Waals surface area contributed by atoms with Crippen LogP contribution in [0.5, 0.6) is 0 Å². The summed E-state index contributed by atoms with van der Waals surface area (Å²) >= 11 is 0. The van der Waals surface area contributed by atoms with Gasteiger partial charge in [0.1, 0.15) is 11.1 Å². The van der Waals surface area contributed by atoms with Crippen molar-refractivity contribution in [3.63, 3.8) is 0 Å². The molecule has 3 aromatic rings. The van der Waals surface area contributed by atoms with Gasteiger partial charge >= 0.3 is 18.4 Å². The normalized spacial score (nSPS) is 17.9. The predicted octanol–water partition coefficient (Wildman–Crippen LogP) is 6.17. The predicted molar refractivity (Wildman–Crippen MR) is 129 cm³/mol. The number of nitrogens with zero attached hydrogens (tertiary/aromatic N) is 2. The second kappa shape index (κ2) is 9.97. The first-order valence-electron chi connectivity index (χ1n) is 11.8. The number of ether oxygens (including phenoxy) is 1. The maximum Gasteiger partial charge on any atom is 0.420 e. The molecule has 3 heterocycles. The minimum Gasteiger partial charge on any atom is -0.450 e. The molecule has 14 heteroatoms. The number of hydrogen-bond donors (Lipinski definition) is 4. The fourth-order valence-electron chi connectivity index (χ4n) is 4.37. The summed E-state index contributed by atoms with van der Waals surface area (Å²) in [7, 11) is 0. The van der Waals surface area contributed by atoms with Gasteiger partial charge in [0.05, 0.1) is 23.5 Å². The smallest absolute Gasteiger partial charge is 0.420 e. The third kappa shape index (κ3) is 5.79. The molecule has 0 bridgehead atoms. The molecule has 1 aliphatic rings. The van der Waals surface area contributed by atoms with Crippen LogP contribution in [0.1, 0.15) is 44.7 Å². The lowest BCUT2D eigenvalue weighted by molar-refractivity contribution is -0.137. The molecule has 1 aliphatic heterocycles. The summed E-state index contributed by atoms with van der Waals surface area (Å²) in [5, 5.41) is 8.22. The lowest BCUT2D eigenvalue weighted by atomic mass is 9.91. The summed E-state index contributed by atoms with van der Waals surface area (Å²) in [4.78, 5) is 22.1. The highest BCUT2D eigenvalue weighted by Crippen LogP contribution is 2.44. The minimum absolute atomic E-state index is 0.0684. The second-order valence-electron chi connectivity index (χ2n) is 9.55. The maximum atomic E-state index is 14.0. The number of aromatic amines is 1. The van der Waals surface area contributed by atoms with Gasteiger partial charge in [-0.2, -0.15) is 26.3 Å². The Morgan fingerprint density at radius 2 is 1.92 bits per heavy atom. The zero-order valence-corrected chi connectivity index (χ0v) is 20.7. The average Bonchev–Trinajstić information content (AvgIpc) is 3.22. The van der Waals surface area contributed by atoms with Crippen molar-refractivity contribution in [1.82, 2.24) is 20.3 Å². The van der Waals surface area contributed by atoms with E-state index in [1.54, 1.807) is 0 Å². The van der Waals surface area contributed by atoms with Crippen LogP contribution in [0.25, 0.3) is 22.2 Å². The number of amides is 1. The molecule has 1 fully saturated rings. The molecule has 2 aromatic heterocycles. The maximum absolute atomic E-state index is 14.0. The number of halogens is 6. The molecule has 206 valence electrons. The summed E-state index contributed by atoms with van der Waals surface area (Å²) in [5.74, 6) is -0.0782. The topological polar surface area (TPSA) is 104 Å². The van der Waals surface area contributed by atoms with Crippen LogP contribution in [0.15, 0.2) is 24.5 Å². The fourth-order valence-corrected chi connectivity index (χ4v) is 4.37. The van der Waals surface area contributed by atoms with E-state index < -0.39 is 46.5 Å². The molecule has 0 radical (unpaired) electrons. The van der Waals surface area contributed by atoms with Crippen molar-refractivity contribution >= 4 is 28.6 Å². The number of piperidine rings is 1. The van der Waals surface area contributed by atoms with E-state index in [2.05, 4.69) is 30.3 Å². The molecule has 0 saturated carbocycles. The summed E-state index contributed by atoms with van der Waals surface area (Å²) in [5.41, 5.74) is -4.43. The average molecular weight is 545 g/mol. The van der Waals surface area contributed by atoms with Crippen molar-refractivity contribution in [3.05, 3.63) is 35.7 Å². The van der Waals surface area contributed by atoms with Gasteiger partial charge in [-0.05, 0) is 39.7 Å². The first kappa shape index (κ1) is 27.5. The molecule has 1 saturated heterocycles. The minimum atomic E-state index is -4.95. The Balaban J connectivity index is 1.79. The van der Waals surface area contributed by atoms with Crippen LogP contribution in [0, 0.1) is 0 Å². The quantitative estimate of drug-likeness (QED) is 0.286. The van der Waals surface area contributed by atoms with Crippen LogP contribution in [-0.4, -0.2) is 45.8 Å². The Kier molecular flexibility index (Phi) is 7.21. The molecule has 4 N–H and O–H groups in total. The lowest BCUT2D eigenvalue weighted by Crippen LogP contribution is -2.50. The summed E-state index contributed by atoms with van der Waals surface area (Å²) < 4.78 is 88.5. The van der Waals surface area contributed by atoms with Crippen molar-refractivity contribution < 1.29 is 35.9 Å². The van der Waals surface area contributed by atoms with Gasteiger partial charge in [0.25, 0.3) is 0 Å². The largest absolute Gasteiger partial charge is 0.450 e. The van der Waals surface area contributed by atoms with Gasteiger partial charge in [-0.1, -0.05) is 6.07 Å². The van der Waals surface area contributed by atoms with Gasteiger partial charge in [0.15, 0.2) is 0 Å². The van der Waals surface area contributed by atoms with E-state index in [-0.39, 0.29) is 35.1 Å². The van der Waals surface area contributed by atoms with Gasteiger partial charge in [-0.3, -0.25) is 5.32 Å². The first-order valence-corrected chi connectivity index (χ1v) is 11.8. The van der Waals surface area contributed by atoms with Gasteiger partial charge in [-0.25, -0.2) is 14.8 Å². The van der Waals surface area contributed by atoms with Crippen LogP contribution < -0.4 is 16.0 Å². The second-order valence-corrected chi connectivity index (χ2v) is 9.55. The fraction of sp³-hybridized carbons (Fsp3) is 0.458. The third-order valence-corrected chi connectivity index (χ3v) is 6.28. The SMILES string of the molecule is CCOC(=O)Nc1ccc2c(-c3nc(N[C@H]4CCC(C)(C)NC4)ncc3C(F)(F)F)c[nH]c2c1C(F)(F)F. The van der Waals surface area contributed by atoms with Crippen molar-refractivity contribution in [3.8, 4) is 11.3 Å². The number of hydrogen-bond acceptors (Lipinski definition) is 6. The van der Waals surface area contributed by atoms with E-state index in [9.17, 15) is 31.1 Å². The van der Waals surface area contributed by atoms with Crippen LogP contribution in [-0.2, 0) is 17.1 Å². The number of nitrogens with one attached hydrogen (secondary N) is 4. The summed E-state index contributed by atoms with van der Waals surface area (Å²) in [6.07, 6.45) is -7.75. The lowest BCUT2D eigenvalue weighted by Gasteiger charge is -2.36. The van der Waals surface area contributed by atoms with E-state index in [0.29, 0.717) is 12.7 Å². The molecule has 8 nitrogen and oxygen atoms in total. The molecule has 0 spiro atoms. The van der Waals surface area contributed by atoms with E-state index in [4.69, 9.17) is 0 Å². The number of benzene rings is 1. The Hall–Kier alpha value is -3.55. The molecule has 4 rings (SSSR count). The van der Waals surface area contributed by atoms with Crippen molar-refractivity contribution in [2.24, 2.45) is 0 Å². The van der Waals surface area contributed by atoms with Crippen molar-refractivity contribution in [2.75, 3.05) is 23.8 Å². The third-order valence-electron chi connectivity index (χ3n) is 6.28. The van der Waals surface area contributed by atoms with E-state index >= 15 is 0 Å². The molecule has 1 aromatic carbocycles. The number of alkyl halides is 6. The molecular weight excluding hydrogens is 518 g/mol. The number of aromatic nitrogens is 3. The van der Waals surface area contributed by atoms with Gasteiger partial charge < -0.3 is 20.4 Å². The van der Waals surface area contributed by atoms with Gasteiger partial charge in [-0.15, -0.1) is 0 Å². The van der Waals surface area contributed by atoms with E-state index in [1.165, 1.54) is 13.0 Å². The summed E-state index contributed by atoms with van der Waals surface area (Å²) in [6, 6.07) is 1.99. The highest BCUT2D eigenvalue weighted by atomic mass is 19.4. The van der Waals surface area contributed by atoms with Gasteiger partial charge in [0, 0.05) is 41.5 Å². The van der Waals surface area contributed by atoms with Crippen molar-refractivity contribution in [1.29, 1.82) is 0 Å². The number of fused-ring (bicyclic) bond motifs is 1. The first-order chi connectivity index (χ1) is 17.7. The Morgan fingerprint density at radius 1 is 1.18 bits per heavy atom. The monoisotopic (exact) mass is 544 g/mol. The van der Waals surface area contributed by atoms with E-state index in [1.807, 2.05) is 19.2 Å². The molecule has 38 heavy (non-hydrogen) atoms. The Labute approximate surface area is 213 Å². The highest BCUT2D eigenvalue weighted by molar-refractivity contribution is 6.01. The Morgan fingerprint density at radius 3 is 2.53 bits per heavy atom. The molecule has 1 amide bonds. The number of rotatable bonds is 5. The molecule has 1 atom stereocenters. The Bertz CT molecular complexity index is 1320. The number of H-pyrrole nitrogens is 1. The van der Waals surface area contributed by atoms with Crippen molar-refractivity contribution in [2.45, 2.75) is 57.5 Å². The standard InChI is InChI=1S/C24H26F6N6O2/c1-4-38-21(37)35-16-6-5-13-14(10-31-19(13)17(16)24(28,29)30)18-15(23(25,26)27)11-32-20(36-18)34-12-7-8-22(2,3)33-9-12/h5-6,10-12,31,33H,4,7-9H2,1-3H3,(H,35,37)(H,32,34,36)/t12-/m0/s1. The van der Waals surface area contributed by atoms with E-state index in [0.717, 1.165) is 25.1 Å². The number of carbonyl (C=O) groups is 1. The number of anilines is 2. The number of carbonyl (C=O) groups excluding carboxylic acids is 1. The molecular formula is C24H26F6N6O2. The van der Waals surface area contributed by atoms with Crippen LogP contribution >= 0.6 is 0 Å².